The van der Waals surface area contributed by atoms with Gasteiger partial charge in [0.05, 0.1) is 6.10 Å². The smallest absolute Gasteiger partial charge is 0 e. The van der Waals surface area contributed by atoms with Gasteiger partial charge in [0, 0.05) is 46.7 Å². The Balaban J connectivity index is -0.0000000453. The molecule has 1 rings (SSSR count). The average molecular weight is 496 g/mol. The van der Waals surface area contributed by atoms with Gasteiger partial charge in [-0.05, 0) is 24.8 Å². The molecule has 0 bridgehead atoms. The Bertz CT molecular complexity index is 374. The molecule has 1 fully saturated rings. The van der Waals surface area contributed by atoms with E-state index in [1.807, 2.05) is 0 Å². The Kier molecular flexibility index (Phi) is 126. The Hall–Kier alpha value is -1.22. The predicted octanol–water partition coefficient (Wildman–Crippen LogP) is 1.69. The number of rotatable bonds is 6. The van der Waals surface area contributed by atoms with Crippen LogP contribution < -0.4 is 0 Å². The topological polar surface area (TPSA) is 155 Å². The minimum Gasteiger partial charge on any atom is 0 e. The second kappa shape index (κ2) is 71.5. The summed E-state index contributed by atoms with van der Waals surface area (Å²) in [5, 5.41) is 0. The summed E-state index contributed by atoms with van der Waals surface area (Å²) in [6, 6.07) is 0. The van der Waals surface area contributed by atoms with E-state index in [9.17, 15) is 4.79 Å². The fraction of sp³-hybridized carbons (Fsp3) is 0.500. The van der Waals surface area contributed by atoms with Crippen LogP contribution in [0.15, 0.2) is 0 Å². The molecule has 0 aromatic carbocycles. The number of aldehydes is 1. The van der Waals surface area contributed by atoms with Crippen molar-refractivity contribution in [2.24, 2.45) is 5.92 Å². The molecule has 0 amide bonds. The van der Waals surface area contributed by atoms with Gasteiger partial charge in [-0.15, -0.1) is 0 Å². The van der Waals surface area contributed by atoms with Gasteiger partial charge in [0.2, 0.25) is 0 Å². The number of ether oxygens (including phenoxy) is 2. The molecular formula is C18H18Co2O9. The SMILES string of the molecule is COCOC([C]=[C]C=O)C1CCCCC1.[C-]#[O+].[C-]#[O+].[C-]#[O+].[C-]#[O+].[C-]#[O+].[C-]#[O+].[Co].[Co]. The zero-order chi connectivity index (χ0) is 22.9. The molecule has 1 unspecified atom stereocenters. The van der Waals surface area contributed by atoms with E-state index in [1.54, 1.807) is 7.11 Å². The molecule has 0 saturated heterocycles. The van der Waals surface area contributed by atoms with Gasteiger partial charge in [-0.25, -0.2) is 0 Å². The van der Waals surface area contributed by atoms with Crippen LogP contribution in [0.3, 0.4) is 0 Å². The molecule has 1 atom stereocenters. The van der Waals surface area contributed by atoms with Gasteiger partial charge in [-0.1, -0.05) is 19.3 Å². The van der Waals surface area contributed by atoms with Gasteiger partial charge in [0.1, 0.15) is 6.79 Å². The summed E-state index contributed by atoms with van der Waals surface area (Å²) in [5.74, 6) is 0.460. The molecule has 0 spiro atoms. The van der Waals surface area contributed by atoms with Crippen LogP contribution in [-0.2, 0) is 75.7 Å². The summed E-state index contributed by atoms with van der Waals surface area (Å²) in [5.41, 5.74) is 0. The Morgan fingerprint density at radius 2 is 1.24 bits per heavy atom. The van der Waals surface area contributed by atoms with Crippen LogP contribution in [0.2, 0.25) is 0 Å². The number of hydrogen-bond donors (Lipinski definition) is 0. The number of allylic oxidation sites excluding steroid dienone is 1. The third-order valence-electron chi connectivity index (χ3n) is 2.73. The summed E-state index contributed by atoms with van der Waals surface area (Å²) >= 11 is 0. The first-order valence-electron chi connectivity index (χ1n) is 6.66. The molecule has 4 radical (unpaired) electrons. The van der Waals surface area contributed by atoms with Gasteiger partial charge in [-0.3, -0.25) is 4.79 Å². The van der Waals surface area contributed by atoms with Crippen LogP contribution in [0.25, 0.3) is 0 Å². The van der Waals surface area contributed by atoms with Crippen molar-refractivity contribution in [1.29, 1.82) is 0 Å². The summed E-state index contributed by atoms with van der Waals surface area (Å²) in [6.07, 6.45) is 11.8. The first-order chi connectivity index (χ1) is 13.4. The second-order valence-electron chi connectivity index (χ2n) is 3.80. The molecule has 1 saturated carbocycles. The minimum absolute atomic E-state index is 0. The van der Waals surface area contributed by atoms with Crippen LogP contribution in [0.4, 0.5) is 0 Å². The van der Waals surface area contributed by atoms with E-state index in [4.69, 9.17) is 37.4 Å². The van der Waals surface area contributed by atoms with Gasteiger partial charge < -0.3 is 9.47 Å². The van der Waals surface area contributed by atoms with Crippen LogP contribution >= 0.6 is 0 Å². The van der Waals surface area contributed by atoms with E-state index in [-0.39, 0.29) is 46.5 Å². The van der Waals surface area contributed by atoms with Crippen molar-refractivity contribution >= 4 is 6.29 Å². The maximum absolute atomic E-state index is 10.2. The normalized spacial score (nSPS) is 11.1. The maximum atomic E-state index is 10.2. The van der Waals surface area contributed by atoms with Crippen LogP contribution in [-0.4, -0.2) is 26.3 Å². The second-order valence-corrected chi connectivity index (χ2v) is 3.80. The first-order valence-corrected chi connectivity index (χ1v) is 6.66. The summed E-state index contributed by atoms with van der Waals surface area (Å²) in [6.45, 7) is 27.2. The van der Waals surface area contributed by atoms with E-state index in [2.05, 4.69) is 52.1 Å². The number of carbonyl (C=O) groups is 1. The molecule has 11 heteroatoms. The molecule has 0 heterocycles. The molecule has 1 aliphatic rings. The van der Waals surface area contributed by atoms with E-state index < -0.39 is 0 Å². The number of methoxy groups -OCH3 is 1. The van der Waals surface area contributed by atoms with Crippen molar-refractivity contribution in [2.45, 2.75) is 38.2 Å². The van der Waals surface area contributed by atoms with Crippen molar-refractivity contribution in [1.82, 2.24) is 0 Å². The van der Waals surface area contributed by atoms with E-state index in [0.29, 0.717) is 12.2 Å². The Labute approximate surface area is 192 Å². The zero-order valence-electron chi connectivity index (χ0n) is 15.3. The van der Waals surface area contributed by atoms with Crippen LogP contribution in [0, 0.1) is 58.0 Å². The number of hydrogen-bond acceptors (Lipinski definition) is 3. The monoisotopic (exact) mass is 496 g/mol. The molecular weight excluding hydrogens is 478 g/mol. The third-order valence-corrected chi connectivity index (χ3v) is 2.73. The van der Waals surface area contributed by atoms with Crippen LogP contribution in [0.1, 0.15) is 32.1 Å². The van der Waals surface area contributed by atoms with Gasteiger partial charge >= 0.3 is 67.8 Å². The Morgan fingerprint density at radius 3 is 1.55 bits per heavy atom. The maximum Gasteiger partial charge on any atom is 0 e. The zero-order valence-corrected chi connectivity index (χ0v) is 17.4. The molecule has 0 aliphatic heterocycles. The molecule has 0 N–H and O–H groups in total. The predicted molar refractivity (Wildman–Crippen MR) is 79.5 cm³/mol. The van der Waals surface area contributed by atoms with Crippen molar-refractivity contribution in [2.75, 3.05) is 13.9 Å². The van der Waals surface area contributed by atoms with Crippen molar-refractivity contribution < 1.29 is 75.7 Å². The number of carbonyl (C=O) groups excluding carboxylic acids is 1. The van der Waals surface area contributed by atoms with Gasteiger partial charge in [0.15, 0.2) is 6.29 Å². The Morgan fingerprint density at radius 1 is 0.862 bits per heavy atom. The van der Waals surface area contributed by atoms with Gasteiger partial charge in [-0.2, -0.15) is 0 Å². The van der Waals surface area contributed by atoms with E-state index in [0.717, 1.165) is 12.8 Å². The molecule has 9 nitrogen and oxygen atoms in total. The average Bonchev–Trinajstić information content (AvgIpc) is 2.82. The molecule has 1 aliphatic carbocycles. The molecule has 0 aromatic rings. The van der Waals surface area contributed by atoms with E-state index in [1.165, 1.54) is 19.3 Å². The molecule has 29 heavy (non-hydrogen) atoms. The summed E-state index contributed by atoms with van der Waals surface area (Å²) in [7, 11) is 1.59. The summed E-state index contributed by atoms with van der Waals surface area (Å²) in [4.78, 5) is 10.2. The minimum atomic E-state index is -0.143. The summed E-state index contributed by atoms with van der Waals surface area (Å²) < 4.78 is 55.3. The quantitative estimate of drug-likeness (QED) is 0.181. The standard InChI is InChI=1S/C12H18O3.6CO.2Co/c1-14-10-15-12(8-5-9-13)11-6-3-2-4-7-11;6*1-2;;/h9,11-12H,2-4,6-7,10H2,1H3;;;;;;;;. The largest absolute Gasteiger partial charge is 0 e. The van der Waals surface area contributed by atoms with Gasteiger partial charge in [0.25, 0.3) is 0 Å². The first kappa shape index (κ1) is 50.9. The molecule has 0 aromatic heterocycles. The van der Waals surface area contributed by atoms with Crippen LogP contribution in [0.5, 0.6) is 0 Å². The molecule has 162 valence electrons. The van der Waals surface area contributed by atoms with E-state index >= 15 is 0 Å². The van der Waals surface area contributed by atoms with Crippen molar-refractivity contribution in [3.05, 3.63) is 52.1 Å². The fourth-order valence-corrected chi connectivity index (χ4v) is 1.99. The fourth-order valence-electron chi connectivity index (χ4n) is 1.99. The van der Waals surface area contributed by atoms with Crippen molar-refractivity contribution in [3.8, 4) is 0 Å². The third kappa shape index (κ3) is 46.6. The van der Waals surface area contributed by atoms with Crippen molar-refractivity contribution in [3.63, 3.8) is 0 Å².